The maximum atomic E-state index is 11.4. The van der Waals surface area contributed by atoms with E-state index in [9.17, 15) is 14.4 Å². The molecule has 0 heterocycles. The van der Waals surface area contributed by atoms with Crippen molar-refractivity contribution in [2.75, 3.05) is 6.54 Å². The van der Waals surface area contributed by atoms with Crippen LogP contribution in [0, 0.1) is 0 Å². The van der Waals surface area contributed by atoms with Crippen molar-refractivity contribution in [3.8, 4) is 0 Å². The number of nitrogens with one attached hydrogen (secondary N) is 2. The lowest BCUT2D eigenvalue weighted by Gasteiger charge is -2.26. The summed E-state index contributed by atoms with van der Waals surface area (Å²) in [6, 6.07) is 0. The highest BCUT2D eigenvalue weighted by Gasteiger charge is 2.19. The Bertz CT molecular complexity index is 354. The lowest BCUT2D eigenvalue weighted by molar-refractivity contribution is -0.222. The molecule has 0 aromatic heterocycles. The van der Waals surface area contributed by atoms with Gasteiger partial charge in [0.1, 0.15) is 0 Å². The fraction of sp³-hybridized carbons (Fsp3) is 0.786. The maximum absolute atomic E-state index is 11.4. The smallest absolute Gasteiger partial charge is 0.303 e. The average molecular weight is 318 g/mol. The summed E-state index contributed by atoms with van der Waals surface area (Å²) in [4.78, 5) is 37.1. The number of hydrogen-bond donors (Lipinski definition) is 3. The van der Waals surface area contributed by atoms with Gasteiger partial charge < -0.3 is 15.2 Å². The molecule has 0 aliphatic heterocycles. The van der Waals surface area contributed by atoms with Crippen molar-refractivity contribution >= 4 is 18.3 Å². The van der Waals surface area contributed by atoms with E-state index < -0.39 is 17.9 Å². The molecule has 2 amide bonds. The van der Waals surface area contributed by atoms with Gasteiger partial charge in [-0.2, -0.15) is 0 Å². The minimum absolute atomic E-state index is 0.0138. The average Bonchev–Trinajstić information content (AvgIpc) is 2.38. The molecule has 0 spiro atoms. The lowest BCUT2D eigenvalue weighted by Crippen LogP contribution is -2.34. The quantitative estimate of drug-likeness (QED) is 0.214. The Morgan fingerprint density at radius 3 is 2.45 bits per heavy atom. The van der Waals surface area contributed by atoms with E-state index in [1.807, 2.05) is 20.8 Å². The summed E-state index contributed by atoms with van der Waals surface area (Å²) in [6.45, 7) is 6.04. The SMILES string of the molecule is CC(C)(C)OC(CCCNC(=O)CCCC(=O)O)ONC=O. The van der Waals surface area contributed by atoms with E-state index in [4.69, 9.17) is 14.7 Å². The van der Waals surface area contributed by atoms with Crippen LogP contribution in [0.1, 0.15) is 52.9 Å². The minimum atomic E-state index is -0.908. The summed E-state index contributed by atoms with van der Waals surface area (Å²) >= 11 is 0. The van der Waals surface area contributed by atoms with Crippen molar-refractivity contribution in [1.29, 1.82) is 0 Å². The Morgan fingerprint density at radius 1 is 1.23 bits per heavy atom. The van der Waals surface area contributed by atoms with Gasteiger partial charge in [-0.1, -0.05) is 0 Å². The van der Waals surface area contributed by atoms with Crippen molar-refractivity contribution in [2.24, 2.45) is 0 Å². The van der Waals surface area contributed by atoms with Crippen molar-refractivity contribution in [2.45, 2.75) is 64.8 Å². The zero-order valence-corrected chi connectivity index (χ0v) is 13.4. The number of aliphatic carboxylic acids is 1. The van der Waals surface area contributed by atoms with E-state index in [1.54, 1.807) is 0 Å². The molecule has 0 radical (unpaired) electrons. The van der Waals surface area contributed by atoms with E-state index in [0.717, 1.165) is 0 Å². The van der Waals surface area contributed by atoms with Crippen LogP contribution in [-0.4, -0.2) is 41.8 Å². The van der Waals surface area contributed by atoms with Gasteiger partial charge >= 0.3 is 5.97 Å². The summed E-state index contributed by atoms with van der Waals surface area (Å²) in [5.74, 6) is -1.09. The number of carbonyl (C=O) groups is 3. The molecule has 0 saturated carbocycles. The van der Waals surface area contributed by atoms with E-state index >= 15 is 0 Å². The summed E-state index contributed by atoms with van der Waals surface area (Å²) in [6.07, 6.45) is 1.41. The van der Waals surface area contributed by atoms with E-state index in [1.165, 1.54) is 0 Å². The number of carbonyl (C=O) groups excluding carboxylic acids is 2. The number of hydroxylamine groups is 1. The predicted molar refractivity (Wildman–Crippen MR) is 78.6 cm³/mol. The normalized spacial score (nSPS) is 12.5. The molecule has 8 heteroatoms. The molecule has 0 saturated heterocycles. The summed E-state index contributed by atoms with van der Waals surface area (Å²) in [5.41, 5.74) is 1.69. The molecular formula is C14H26N2O6. The monoisotopic (exact) mass is 318 g/mol. The second-order valence-corrected chi connectivity index (χ2v) is 5.75. The third-order valence-electron chi connectivity index (χ3n) is 2.47. The summed E-state index contributed by atoms with van der Waals surface area (Å²) < 4.78 is 5.62. The molecule has 0 fully saturated rings. The highest BCUT2D eigenvalue weighted by atomic mass is 16.8. The van der Waals surface area contributed by atoms with Crippen molar-refractivity contribution in [3.63, 3.8) is 0 Å². The molecule has 0 rings (SSSR count). The standard InChI is InChI=1S/C14H26N2O6/c1-14(2,3)21-13(22-16-10-17)8-5-9-15-11(18)6-4-7-12(19)20/h10,13H,4-9H2,1-3H3,(H,15,18)(H,16,17)(H,19,20). The molecule has 0 aliphatic carbocycles. The third-order valence-corrected chi connectivity index (χ3v) is 2.47. The van der Waals surface area contributed by atoms with Gasteiger partial charge in [-0.05, 0) is 33.6 Å². The maximum Gasteiger partial charge on any atom is 0.303 e. The van der Waals surface area contributed by atoms with Crippen LogP contribution in [0.5, 0.6) is 0 Å². The highest BCUT2D eigenvalue weighted by Crippen LogP contribution is 2.14. The fourth-order valence-corrected chi connectivity index (χ4v) is 1.63. The van der Waals surface area contributed by atoms with Gasteiger partial charge in [-0.25, -0.2) is 10.3 Å². The summed E-state index contributed by atoms with van der Waals surface area (Å²) in [7, 11) is 0. The Morgan fingerprint density at radius 2 is 1.91 bits per heavy atom. The second-order valence-electron chi connectivity index (χ2n) is 5.75. The number of carboxylic acid groups (broad SMARTS) is 1. The van der Waals surface area contributed by atoms with Gasteiger partial charge in [0.2, 0.25) is 12.3 Å². The van der Waals surface area contributed by atoms with Crippen molar-refractivity contribution in [1.82, 2.24) is 10.8 Å². The van der Waals surface area contributed by atoms with E-state index in [0.29, 0.717) is 32.2 Å². The van der Waals surface area contributed by atoms with Crippen LogP contribution in [0.2, 0.25) is 0 Å². The first kappa shape index (κ1) is 20.3. The molecule has 1 atom stereocenters. The van der Waals surface area contributed by atoms with Crippen LogP contribution < -0.4 is 10.8 Å². The first-order valence-electron chi connectivity index (χ1n) is 7.25. The molecule has 0 bridgehead atoms. The van der Waals surface area contributed by atoms with Gasteiger partial charge in [-0.3, -0.25) is 14.4 Å². The highest BCUT2D eigenvalue weighted by molar-refractivity contribution is 5.76. The van der Waals surface area contributed by atoms with E-state index in [-0.39, 0.29) is 18.7 Å². The zero-order valence-electron chi connectivity index (χ0n) is 13.4. The van der Waals surface area contributed by atoms with E-state index in [2.05, 4.69) is 10.8 Å². The van der Waals surface area contributed by atoms with Crippen LogP contribution in [0.15, 0.2) is 0 Å². The summed E-state index contributed by atoms with van der Waals surface area (Å²) in [5, 5.41) is 11.2. The zero-order chi connectivity index (χ0) is 17.0. The van der Waals surface area contributed by atoms with Crippen LogP contribution >= 0.6 is 0 Å². The first-order chi connectivity index (χ1) is 10.2. The number of rotatable bonds is 12. The number of carboxylic acids is 1. The Hall–Kier alpha value is -1.67. The van der Waals surface area contributed by atoms with Crippen LogP contribution in [0.3, 0.4) is 0 Å². The molecule has 128 valence electrons. The molecule has 22 heavy (non-hydrogen) atoms. The fourth-order valence-electron chi connectivity index (χ4n) is 1.63. The van der Waals surface area contributed by atoms with Crippen molar-refractivity contribution < 1.29 is 29.1 Å². The Balaban J connectivity index is 3.89. The number of amides is 2. The third kappa shape index (κ3) is 13.3. The van der Waals surface area contributed by atoms with Gasteiger partial charge in [0, 0.05) is 25.8 Å². The molecule has 1 unspecified atom stereocenters. The van der Waals surface area contributed by atoms with Crippen LogP contribution in [0.4, 0.5) is 0 Å². The second kappa shape index (κ2) is 11.0. The topological polar surface area (TPSA) is 114 Å². The van der Waals surface area contributed by atoms with Gasteiger partial charge in [-0.15, -0.1) is 0 Å². The lowest BCUT2D eigenvalue weighted by atomic mass is 10.2. The van der Waals surface area contributed by atoms with Gasteiger partial charge in [0.15, 0.2) is 6.29 Å². The molecular weight excluding hydrogens is 292 g/mol. The minimum Gasteiger partial charge on any atom is -0.481 e. The van der Waals surface area contributed by atoms with Gasteiger partial charge in [0.05, 0.1) is 5.60 Å². The van der Waals surface area contributed by atoms with Crippen molar-refractivity contribution in [3.05, 3.63) is 0 Å². The molecule has 0 aromatic rings. The Kier molecular flexibility index (Phi) is 10.1. The predicted octanol–water partition coefficient (Wildman–Crippen LogP) is 0.957. The molecule has 0 aromatic carbocycles. The molecule has 3 N–H and O–H groups in total. The first-order valence-corrected chi connectivity index (χ1v) is 7.25. The number of hydrogen-bond acceptors (Lipinski definition) is 5. The van der Waals surface area contributed by atoms with Crippen LogP contribution in [-0.2, 0) is 24.0 Å². The molecule has 8 nitrogen and oxygen atoms in total. The molecule has 0 aliphatic rings. The Labute approximate surface area is 130 Å². The van der Waals surface area contributed by atoms with Gasteiger partial charge in [0.25, 0.3) is 0 Å². The number of ether oxygens (including phenoxy) is 1. The van der Waals surface area contributed by atoms with Crippen LogP contribution in [0.25, 0.3) is 0 Å². The largest absolute Gasteiger partial charge is 0.481 e.